The first-order valence-corrected chi connectivity index (χ1v) is 5.89. The van der Waals surface area contributed by atoms with Crippen molar-refractivity contribution < 1.29 is 0 Å². The van der Waals surface area contributed by atoms with Crippen LogP contribution >= 0.6 is 0 Å². The van der Waals surface area contributed by atoms with E-state index in [1.165, 1.54) is 16.8 Å². The third-order valence-electron chi connectivity index (χ3n) is 2.96. The molecule has 0 atom stereocenters. The van der Waals surface area contributed by atoms with Gasteiger partial charge in [0.2, 0.25) is 0 Å². The van der Waals surface area contributed by atoms with E-state index in [4.69, 9.17) is 0 Å². The Labute approximate surface area is 101 Å². The average molecular weight is 222 g/mol. The molecule has 0 saturated carbocycles. The molecule has 84 valence electrons. The smallest absolute Gasteiger partial charge is 0.0594 e. The highest BCUT2D eigenvalue weighted by atomic mass is 15.5. The Balaban J connectivity index is 1.87. The van der Waals surface area contributed by atoms with Crippen molar-refractivity contribution in [3.63, 3.8) is 0 Å². The third kappa shape index (κ3) is 2.07. The second-order valence-electron chi connectivity index (χ2n) is 4.12. The highest BCUT2D eigenvalue weighted by Gasteiger charge is 2.07. The summed E-state index contributed by atoms with van der Waals surface area (Å²) in [5.41, 5.74) is 3.67. The zero-order valence-corrected chi connectivity index (χ0v) is 9.58. The van der Waals surface area contributed by atoms with Gasteiger partial charge < -0.3 is 0 Å². The fraction of sp³-hybridized carbons (Fsp3) is 0.133. The molecule has 0 bridgehead atoms. The highest BCUT2D eigenvalue weighted by molar-refractivity contribution is 5.69. The van der Waals surface area contributed by atoms with Gasteiger partial charge in [0.15, 0.2) is 0 Å². The van der Waals surface area contributed by atoms with Crippen LogP contribution in [-0.2, 0) is 0 Å². The van der Waals surface area contributed by atoms with Crippen LogP contribution in [0.2, 0.25) is 0 Å². The molecule has 2 heteroatoms. The van der Waals surface area contributed by atoms with Gasteiger partial charge in [0.05, 0.1) is 5.69 Å². The summed E-state index contributed by atoms with van der Waals surface area (Å²) in [6, 6.07) is 19.0. The number of hydrogen-bond acceptors (Lipinski definition) is 2. The van der Waals surface area contributed by atoms with Crippen molar-refractivity contribution in [1.82, 2.24) is 0 Å². The maximum absolute atomic E-state index is 4.32. The quantitative estimate of drug-likeness (QED) is 0.758. The number of benzene rings is 2. The Morgan fingerprint density at radius 3 is 2.18 bits per heavy atom. The summed E-state index contributed by atoms with van der Waals surface area (Å²) < 4.78 is 0. The molecule has 0 saturated heterocycles. The van der Waals surface area contributed by atoms with Gasteiger partial charge >= 0.3 is 0 Å². The lowest BCUT2D eigenvalue weighted by atomic mass is 10.1. The molecule has 2 nitrogen and oxygen atoms in total. The molecule has 0 amide bonds. The Kier molecular flexibility index (Phi) is 2.62. The van der Waals surface area contributed by atoms with E-state index in [9.17, 15) is 0 Å². The Hall–Kier alpha value is -2.09. The molecule has 1 aliphatic rings. The van der Waals surface area contributed by atoms with Crippen LogP contribution in [0.1, 0.15) is 6.42 Å². The largest absolute Gasteiger partial charge is 0.266 e. The van der Waals surface area contributed by atoms with Gasteiger partial charge in [0, 0.05) is 19.2 Å². The fourth-order valence-corrected chi connectivity index (χ4v) is 2.05. The molecule has 17 heavy (non-hydrogen) atoms. The van der Waals surface area contributed by atoms with Crippen LogP contribution in [0.15, 0.2) is 59.7 Å². The second-order valence-corrected chi connectivity index (χ2v) is 4.12. The lowest BCUT2D eigenvalue weighted by molar-refractivity contribution is 0.922. The van der Waals surface area contributed by atoms with Crippen LogP contribution in [-0.4, -0.2) is 12.8 Å². The molecule has 0 fully saturated rings. The predicted molar refractivity (Wildman–Crippen MR) is 72.3 cm³/mol. The van der Waals surface area contributed by atoms with Gasteiger partial charge in [-0.3, -0.25) is 5.01 Å². The van der Waals surface area contributed by atoms with Crippen LogP contribution in [0.3, 0.4) is 0 Å². The Bertz CT molecular complexity index is 514. The van der Waals surface area contributed by atoms with Gasteiger partial charge in [-0.05, 0) is 23.3 Å². The first-order valence-electron chi connectivity index (χ1n) is 5.89. The molecule has 3 rings (SSSR count). The third-order valence-corrected chi connectivity index (χ3v) is 2.96. The molecule has 1 heterocycles. The van der Waals surface area contributed by atoms with Gasteiger partial charge in [-0.2, -0.15) is 5.10 Å². The van der Waals surface area contributed by atoms with Crippen molar-refractivity contribution in [2.24, 2.45) is 5.10 Å². The first kappa shape index (κ1) is 10.1. The summed E-state index contributed by atoms with van der Waals surface area (Å²) in [5, 5.41) is 6.35. The molecular formula is C15H14N2. The minimum absolute atomic E-state index is 0.991. The van der Waals surface area contributed by atoms with E-state index in [0.717, 1.165) is 13.0 Å². The van der Waals surface area contributed by atoms with Crippen LogP contribution in [0, 0.1) is 0 Å². The summed E-state index contributed by atoms with van der Waals surface area (Å²) in [7, 11) is 0. The fourth-order valence-electron chi connectivity index (χ4n) is 2.05. The normalized spacial score (nSPS) is 14.2. The molecule has 0 radical (unpaired) electrons. The molecular weight excluding hydrogens is 208 g/mol. The number of hydrazone groups is 1. The number of hydrogen-bond donors (Lipinski definition) is 0. The van der Waals surface area contributed by atoms with E-state index in [1.807, 2.05) is 17.3 Å². The van der Waals surface area contributed by atoms with E-state index in [2.05, 4.69) is 53.6 Å². The van der Waals surface area contributed by atoms with Crippen LogP contribution < -0.4 is 5.01 Å². The zero-order valence-electron chi connectivity index (χ0n) is 9.58. The van der Waals surface area contributed by atoms with Crippen molar-refractivity contribution in [2.45, 2.75) is 6.42 Å². The van der Waals surface area contributed by atoms with Crippen LogP contribution in [0.4, 0.5) is 5.69 Å². The average Bonchev–Trinajstić information content (AvgIpc) is 2.94. The van der Waals surface area contributed by atoms with Crippen molar-refractivity contribution in [1.29, 1.82) is 0 Å². The summed E-state index contributed by atoms with van der Waals surface area (Å²) in [4.78, 5) is 0. The zero-order chi connectivity index (χ0) is 11.5. The summed E-state index contributed by atoms with van der Waals surface area (Å²) in [6.45, 7) is 0.991. The number of anilines is 1. The lowest BCUT2D eigenvalue weighted by Crippen LogP contribution is -2.11. The molecule has 2 aromatic carbocycles. The van der Waals surface area contributed by atoms with E-state index >= 15 is 0 Å². The molecule has 0 aliphatic carbocycles. The molecule has 1 aliphatic heterocycles. The van der Waals surface area contributed by atoms with Gasteiger partial charge in [0.25, 0.3) is 0 Å². The van der Waals surface area contributed by atoms with Crippen molar-refractivity contribution in [2.75, 3.05) is 11.6 Å². The molecule has 0 aromatic heterocycles. The highest BCUT2D eigenvalue weighted by Crippen LogP contribution is 2.24. The monoisotopic (exact) mass is 222 g/mol. The van der Waals surface area contributed by atoms with Gasteiger partial charge in [0.1, 0.15) is 0 Å². The molecule has 0 unspecified atom stereocenters. The summed E-state index contributed by atoms with van der Waals surface area (Å²) in [6.07, 6.45) is 3.01. The standard InChI is InChI=1S/C15H14N2/c1-2-5-13(6-3-1)14-7-9-15(10-8-14)17-12-4-11-16-17/h1-3,5-11H,4,12H2. The van der Waals surface area contributed by atoms with Gasteiger partial charge in [-0.1, -0.05) is 42.5 Å². The van der Waals surface area contributed by atoms with E-state index in [0.29, 0.717) is 0 Å². The van der Waals surface area contributed by atoms with Gasteiger partial charge in [-0.25, -0.2) is 0 Å². The maximum Gasteiger partial charge on any atom is 0.0594 e. The number of rotatable bonds is 2. The Morgan fingerprint density at radius 1 is 0.824 bits per heavy atom. The Morgan fingerprint density at radius 2 is 1.53 bits per heavy atom. The number of nitrogens with zero attached hydrogens (tertiary/aromatic N) is 2. The SMILES string of the molecule is C1=NN(c2ccc(-c3ccccc3)cc2)CC1. The van der Waals surface area contributed by atoms with E-state index in [-0.39, 0.29) is 0 Å². The summed E-state index contributed by atoms with van der Waals surface area (Å²) in [5.74, 6) is 0. The second kappa shape index (κ2) is 4.42. The lowest BCUT2D eigenvalue weighted by Gasteiger charge is -2.13. The van der Waals surface area contributed by atoms with E-state index in [1.54, 1.807) is 0 Å². The van der Waals surface area contributed by atoms with E-state index < -0.39 is 0 Å². The van der Waals surface area contributed by atoms with Gasteiger partial charge in [-0.15, -0.1) is 0 Å². The van der Waals surface area contributed by atoms with Crippen LogP contribution in [0.25, 0.3) is 11.1 Å². The minimum atomic E-state index is 0.991. The first-order chi connectivity index (χ1) is 8.43. The van der Waals surface area contributed by atoms with Crippen LogP contribution in [0.5, 0.6) is 0 Å². The molecule has 2 aromatic rings. The minimum Gasteiger partial charge on any atom is -0.266 e. The summed E-state index contributed by atoms with van der Waals surface area (Å²) >= 11 is 0. The van der Waals surface area contributed by atoms with Crippen molar-refractivity contribution >= 4 is 11.9 Å². The van der Waals surface area contributed by atoms with Crippen molar-refractivity contribution in [3.8, 4) is 11.1 Å². The molecule has 0 N–H and O–H groups in total. The van der Waals surface area contributed by atoms with Crippen molar-refractivity contribution in [3.05, 3.63) is 54.6 Å². The predicted octanol–water partition coefficient (Wildman–Crippen LogP) is 3.55. The topological polar surface area (TPSA) is 15.6 Å². The molecule has 0 spiro atoms. The maximum atomic E-state index is 4.32.